The van der Waals surface area contributed by atoms with Gasteiger partial charge >= 0.3 is 0 Å². The molecule has 28 heavy (non-hydrogen) atoms. The number of nitrogens with zero attached hydrogens (tertiary/aromatic N) is 2. The van der Waals surface area contributed by atoms with Crippen LogP contribution in [0.5, 0.6) is 0 Å². The number of carbonyl (C=O) groups excluding carboxylic acids is 2. The monoisotopic (exact) mass is 396 g/mol. The fourth-order valence-corrected chi connectivity index (χ4v) is 2.81. The lowest BCUT2D eigenvalue weighted by atomic mass is 10.1. The van der Waals surface area contributed by atoms with E-state index in [1.54, 1.807) is 50.2 Å². The first-order valence-electron chi connectivity index (χ1n) is 8.35. The number of primary amides is 1. The van der Waals surface area contributed by atoms with Crippen LogP contribution in [-0.2, 0) is 0 Å². The largest absolute Gasteiger partial charge is 0.366 e. The van der Waals surface area contributed by atoms with E-state index in [-0.39, 0.29) is 5.69 Å². The third kappa shape index (κ3) is 3.94. The standard InChI is InChI=1S/C20H17ClN4O3/c1-11-9-13(19(22)27)3-8-16(11)23-20(28)18-17(26)10-12(2)25(24-18)15-6-4-14(21)5-7-15/h3-10H,1-2H3,(H2,22,27)(H,23,28). The van der Waals surface area contributed by atoms with Crippen LogP contribution in [0.15, 0.2) is 53.3 Å². The Bertz CT molecular complexity index is 1140. The van der Waals surface area contributed by atoms with E-state index in [4.69, 9.17) is 17.3 Å². The highest BCUT2D eigenvalue weighted by atomic mass is 35.5. The minimum Gasteiger partial charge on any atom is -0.366 e. The highest BCUT2D eigenvalue weighted by Gasteiger charge is 2.17. The molecule has 0 saturated heterocycles. The maximum absolute atomic E-state index is 12.7. The third-order valence-corrected chi connectivity index (χ3v) is 4.40. The van der Waals surface area contributed by atoms with Crippen LogP contribution in [0.1, 0.15) is 32.1 Å². The van der Waals surface area contributed by atoms with Crippen molar-refractivity contribution < 1.29 is 9.59 Å². The first-order valence-corrected chi connectivity index (χ1v) is 8.73. The van der Waals surface area contributed by atoms with Crippen LogP contribution in [0.3, 0.4) is 0 Å². The van der Waals surface area contributed by atoms with Crippen LogP contribution >= 0.6 is 11.6 Å². The maximum Gasteiger partial charge on any atom is 0.280 e. The number of carbonyl (C=O) groups is 2. The number of aromatic nitrogens is 2. The van der Waals surface area contributed by atoms with E-state index in [1.165, 1.54) is 16.8 Å². The third-order valence-electron chi connectivity index (χ3n) is 4.15. The molecule has 0 aliphatic heterocycles. The molecule has 8 heteroatoms. The van der Waals surface area contributed by atoms with Crippen molar-refractivity contribution in [1.29, 1.82) is 0 Å². The van der Waals surface area contributed by atoms with Gasteiger partial charge in [0.25, 0.3) is 5.91 Å². The molecule has 0 unspecified atom stereocenters. The van der Waals surface area contributed by atoms with Crippen LogP contribution in [0, 0.1) is 13.8 Å². The fourth-order valence-electron chi connectivity index (χ4n) is 2.69. The van der Waals surface area contributed by atoms with E-state index >= 15 is 0 Å². The summed E-state index contributed by atoms with van der Waals surface area (Å²) < 4.78 is 1.50. The number of nitrogens with two attached hydrogens (primary N) is 1. The summed E-state index contributed by atoms with van der Waals surface area (Å²) in [5.74, 6) is -1.21. The minimum atomic E-state index is -0.650. The Morgan fingerprint density at radius 3 is 2.36 bits per heavy atom. The summed E-state index contributed by atoms with van der Waals surface area (Å²) in [7, 11) is 0. The molecule has 7 nitrogen and oxygen atoms in total. The quantitative estimate of drug-likeness (QED) is 0.706. The molecule has 3 rings (SSSR count). The van der Waals surface area contributed by atoms with Crippen LogP contribution in [-0.4, -0.2) is 21.6 Å². The number of hydrogen-bond acceptors (Lipinski definition) is 4. The van der Waals surface area contributed by atoms with Crippen molar-refractivity contribution in [2.75, 3.05) is 5.32 Å². The van der Waals surface area contributed by atoms with Crippen molar-refractivity contribution in [3.05, 3.63) is 86.3 Å². The molecule has 1 aromatic heterocycles. The van der Waals surface area contributed by atoms with Gasteiger partial charge in [0.2, 0.25) is 11.3 Å². The van der Waals surface area contributed by atoms with E-state index in [0.717, 1.165) is 0 Å². The van der Waals surface area contributed by atoms with Gasteiger partial charge in [0, 0.05) is 28.0 Å². The molecule has 0 spiro atoms. The number of nitrogens with one attached hydrogen (secondary N) is 1. The molecule has 0 fully saturated rings. The van der Waals surface area contributed by atoms with Crippen molar-refractivity contribution in [2.24, 2.45) is 5.73 Å². The smallest absolute Gasteiger partial charge is 0.280 e. The molecule has 142 valence electrons. The van der Waals surface area contributed by atoms with Crippen molar-refractivity contribution >= 4 is 29.1 Å². The zero-order valence-electron chi connectivity index (χ0n) is 15.2. The number of aryl methyl sites for hydroxylation is 2. The summed E-state index contributed by atoms with van der Waals surface area (Å²) in [5.41, 5.74) is 7.16. The Hall–Kier alpha value is -3.45. The molecular formula is C20H17ClN4O3. The summed E-state index contributed by atoms with van der Waals surface area (Å²) >= 11 is 5.91. The average Bonchev–Trinajstić information content (AvgIpc) is 2.64. The fraction of sp³-hybridized carbons (Fsp3) is 0.100. The molecule has 0 saturated carbocycles. The number of anilines is 1. The lowest BCUT2D eigenvalue weighted by Gasteiger charge is -2.12. The van der Waals surface area contributed by atoms with E-state index in [1.807, 2.05) is 0 Å². The van der Waals surface area contributed by atoms with Gasteiger partial charge in [-0.2, -0.15) is 5.10 Å². The van der Waals surface area contributed by atoms with Crippen molar-refractivity contribution in [3.8, 4) is 5.69 Å². The van der Waals surface area contributed by atoms with Gasteiger partial charge in [0.05, 0.1) is 5.69 Å². The van der Waals surface area contributed by atoms with Crippen LogP contribution in [0.25, 0.3) is 5.69 Å². The molecule has 3 N–H and O–H groups in total. The lowest BCUT2D eigenvalue weighted by Crippen LogP contribution is -2.27. The van der Waals surface area contributed by atoms with Crippen LogP contribution < -0.4 is 16.5 Å². The second-order valence-electron chi connectivity index (χ2n) is 6.23. The zero-order valence-corrected chi connectivity index (χ0v) is 15.9. The molecule has 0 bridgehead atoms. The number of hydrogen-bond donors (Lipinski definition) is 2. The molecule has 0 atom stereocenters. The Labute approximate surface area is 165 Å². The molecule has 0 aliphatic rings. The molecule has 3 aromatic rings. The molecule has 2 aromatic carbocycles. The van der Waals surface area contributed by atoms with E-state index in [2.05, 4.69) is 10.4 Å². The van der Waals surface area contributed by atoms with Gasteiger partial charge < -0.3 is 11.1 Å². The van der Waals surface area contributed by atoms with E-state index < -0.39 is 17.2 Å². The minimum absolute atomic E-state index is 0.251. The Morgan fingerprint density at radius 2 is 1.75 bits per heavy atom. The van der Waals surface area contributed by atoms with Crippen molar-refractivity contribution in [1.82, 2.24) is 9.78 Å². The maximum atomic E-state index is 12.7. The molecule has 0 radical (unpaired) electrons. The number of benzene rings is 2. The summed E-state index contributed by atoms with van der Waals surface area (Å²) in [4.78, 5) is 36.2. The van der Waals surface area contributed by atoms with Gasteiger partial charge in [0.15, 0.2) is 5.69 Å². The predicted octanol–water partition coefficient (Wildman–Crippen LogP) is 2.85. The topological polar surface area (TPSA) is 107 Å². The average molecular weight is 397 g/mol. The van der Waals surface area contributed by atoms with Crippen molar-refractivity contribution in [3.63, 3.8) is 0 Å². The highest BCUT2D eigenvalue weighted by molar-refractivity contribution is 6.30. The van der Waals surface area contributed by atoms with Gasteiger partial charge in [0.1, 0.15) is 0 Å². The Morgan fingerprint density at radius 1 is 1.07 bits per heavy atom. The Balaban J connectivity index is 1.96. The van der Waals surface area contributed by atoms with Crippen LogP contribution in [0.2, 0.25) is 5.02 Å². The van der Waals surface area contributed by atoms with Crippen molar-refractivity contribution in [2.45, 2.75) is 13.8 Å². The molecular weight excluding hydrogens is 380 g/mol. The number of amides is 2. The second-order valence-corrected chi connectivity index (χ2v) is 6.67. The SMILES string of the molecule is Cc1cc(C(N)=O)ccc1NC(=O)c1nn(-c2ccc(Cl)cc2)c(C)cc1=O. The van der Waals surface area contributed by atoms with Gasteiger partial charge in [-0.1, -0.05) is 11.6 Å². The highest BCUT2D eigenvalue weighted by Crippen LogP contribution is 2.17. The number of rotatable bonds is 4. The van der Waals surface area contributed by atoms with Gasteiger partial charge in [-0.15, -0.1) is 0 Å². The molecule has 0 aliphatic carbocycles. The van der Waals surface area contributed by atoms with E-state index in [0.29, 0.717) is 33.2 Å². The molecule has 1 heterocycles. The van der Waals surface area contributed by atoms with E-state index in [9.17, 15) is 14.4 Å². The molecule has 2 amide bonds. The summed E-state index contributed by atoms with van der Waals surface area (Å²) in [5, 5.41) is 7.44. The van der Waals surface area contributed by atoms with Gasteiger partial charge in [-0.05, 0) is 61.9 Å². The summed E-state index contributed by atoms with van der Waals surface area (Å²) in [6, 6.07) is 12.8. The first-order chi connectivity index (χ1) is 13.3. The zero-order chi connectivity index (χ0) is 20.4. The van der Waals surface area contributed by atoms with Gasteiger partial charge in [-0.3, -0.25) is 14.4 Å². The first kappa shape index (κ1) is 19.3. The second kappa shape index (κ2) is 7.66. The normalized spacial score (nSPS) is 10.5. The summed E-state index contributed by atoms with van der Waals surface area (Å²) in [6.45, 7) is 3.44. The van der Waals surface area contributed by atoms with Crippen LogP contribution in [0.4, 0.5) is 5.69 Å². The predicted molar refractivity (Wildman–Crippen MR) is 107 cm³/mol. The Kier molecular flexibility index (Phi) is 5.28. The van der Waals surface area contributed by atoms with Gasteiger partial charge in [-0.25, -0.2) is 4.68 Å². The number of halogens is 1. The lowest BCUT2D eigenvalue weighted by molar-refractivity contribution is 0.0997. The summed E-state index contributed by atoms with van der Waals surface area (Å²) in [6.07, 6.45) is 0.